The summed E-state index contributed by atoms with van der Waals surface area (Å²) >= 11 is 5.65. The van der Waals surface area contributed by atoms with E-state index in [9.17, 15) is 12.8 Å². The second-order valence-corrected chi connectivity index (χ2v) is 6.24. The number of benzene rings is 1. The third-order valence-electron chi connectivity index (χ3n) is 1.95. The lowest BCUT2D eigenvalue weighted by atomic mass is 10.2. The van der Waals surface area contributed by atoms with E-state index in [0.717, 1.165) is 0 Å². The lowest BCUT2D eigenvalue weighted by molar-refractivity contribution is 0.174. The fourth-order valence-corrected chi connectivity index (χ4v) is 2.52. The largest absolute Gasteiger partial charge is 0.454 e. The lowest BCUT2D eigenvalue weighted by Crippen LogP contribution is -1.99. The topological polar surface area (TPSA) is 52.6 Å². The molecule has 0 atom stereocenters. The second-order valence-electron chi connectivity index (χ2n) is 3.08. The molecule has 1 aromatic carbocycles. The van der Waals surface area contributed by atoms with Gasteiger partial charge in [-0.25, -0.2) is 12.8 Å². The quantitative estimate of drug-likeness (QED) is 0.783. The minimum atomic E-state index is -3.86. The highest BCUT2D eigenvalue weighted by molar-refractivity contribution is 8.13. The van der Waals surface area contributed by atoms with Gasteiger partial charge in [0.15, 0.2) is 11.5 Å². The number of hydrogen-bond acceptors (Lipinski definition) is 4. The van der Waals surface area contributed by atoms with E-state index >= 15 is 0 Å². The van der Waals surface area contributed by atoms with Crippen LogP contribution >= 0.6 is 22.3 Å². The molecule has 0 spiro atoms. The van der Waals surface area contributed by atoms with E-state index in [2.05, 4.69) is 0 Å². The van der Waals surface area contributed by atoms with Crippen molar-refractivity contribution in [1.82, 2.24) is 0 Å². The van der Waals surface area contributed by atoms with Crippen LogP contribution in [0.3, 0.4) is 0 Å². The molecular formula is C8H5Cl2FO4S. The summed E-state index contributed by atoms with van der Waals surface area (Å²) in [5.41, 5.74) is -0.149. The predicted octanol–water partition coefficient (Wildman–Crippen LogP) is 2.28. The smallest absolute Gasteiger partial charge is 0.236 e. The van der Waals surface area contributed by atoms with E-state index in [4.69, 9.17) is 31.8 Å². The molecule has 0 fully saturated rings. The van der Waals surface area contributed by atoms with Gasteiger partial charge in [-0.3, -0.25) is 0 Å². The van der Waals surface area contributed by atoms with Crippen LogP contribution in [-0.4, -0.2) is 15.2 Å². The van der Waals surface area contributed by atoms with E-state index in [1.54, 1.807) is 0 Å². The molecule has 8 heteroatoms. The molecule has 1 aromatic rings. The second kappa shape index (κ2) is 3.94. The van der Waals surface area contributed by atoms with Crippen LogP contribution in [0.15, 0.2) is 6.07 Å². The molecule has 1 heterocycles. The first kappa shape index (κ1) is 11.8. The Bertz CT molecular complexity index is 543. The van der Waals surface area contributed by atoms with E-state index in [1.165, 1.54) is 6.07 Å². The Kier molecular flexibility index (Phi) is 2.90. The van der Waals surface area contributed by atoms with E-state index in [1.807, 2.05) is 0 Å². The van der Waals surface area contributed by atoms with Gasteiger partial charge in [0.2, 0.25) is 15.8 Å². The van der Waals surface area contributed by atoms with Crippen LogP contribution < -0.4 is 9.47 Å². The van der Waals surface area contributed by atoms with Gasteiger partial charge in [0, 0.05) is 16.2 Å². The van der Waals surface area contributed by atoms with Gasteiger partial charge in [0.05, 0.1) is 5.75 Å². The molecule has 0 N–H and O–H groups in total. The SMILES string of the molecule is O=S(=O)(Cl)Cc1cc2c(c(Cl)c1F)OCO2. The number of fused-ring (bicyclic) bond motifs is 1. The third-order valence-corrected chi connectivity index (χ3v) is 3.27. The van der Waals surface area contributed by atoms with Gasteiger partial charge >= 0.3 is 0 Å². The van der Waals surface area contributed by atoms with Crippen LogP contribution in [-0.2, 0) is 14.8 Å². The first-order chi connectivity index (χ1) is 7.38. The summed E-state index contributed by atoms with van der Waals surface area (Å²) in [7, 11) is 1.18. The van der Waals surface area contributed by atoms with Gasteiger partial charge in [-0.2, -0.15) is 0 Å². The summed E-state index contributed by atoms with van der Waals surface area (Å²) in [6, 6.07) is 1.21. The fourth-order valence-electron chi connectivity index (χ4n) is 1.32. The zero-order valence-corrected chi connectivity index (χ0v) is 10.00. The summed E-state index contributed by atoms with van der Waals surface area (Å²) < 4.78 is 45.2. The predicted molar refractivity (Wildman–Crippen MR) is 56.0 cm³/mol. The van der Waals surface area contributed by atoms with Crippen LogP contribution in [0.2, 0.25) is 5.02 Å². The van der Waals surface area contributed by atoms with E-state index < -0.39 is 20.6 Å². The molecular weight excluding hydrogens is 282 g/mol. The molecule has 1 aliphatic rings. The van der Waals surface area contributed by atoms with Crippen LogP contribution in [0.25, 0.3) is 0 Å². The third kappa shape index (κ3) is 2.18. The van der Waals surface area contributed by atoms with Gasteiger partial charge in [0.1, 0.15) is 10.8 Å². The van der Waals surface area contributed by atoms with Crippen molar-refractivity contribution in [3.05, 3.63) is 22.5 Å². The van der Waals surface area contributed by atoms with Crippen LogP contribution in [0.5, 0.6) is 11.5 Å². The molecule has 1 aliphatic heterocycles. The summed E-state index contributed by atoms with van der Waals surface area (Å²) in [5.74, 6) is -1.23. The minimum absolute atomic E-state index is 0.0778. The molecule has 0 aliphatic carbocycles. The van der Waals surface area contributed by atoms with E-state index in [0.29, 0.717) is 0 Å². The summed E-state index contributed by atoms with van der Waals surface area (Å²) in [6.45, 7) is -0.0778. The molecule has 0 radical (unpaired) electrons. The summed E-state index contributed by atoms with van der Waals surface area (Å²) in [4.78, 5) is 0. The van der Waals surface area contributed by atoms with Crippen molar-refractivity contribution in [3.8, 4) is 11.5 Å². The fraction of sp³-hybridized carbons (Fsp3) is 0.250. The number of ether oxygens (including phenoxy) is 2. The van der Waals surface area contributed by atoms with Crippen molar-refractivity contribution < 1.29 is 22.3 Å². The molecule has 4 nitrogen and oxygen atoms in total. The van der Waals surface area contributed by atoms with Gasteiger partial charge in [0.25, 0.3) is 0 Å². The maximum Gasteiger partial charge on any atom is 0.236 e. The highest BCUT2D eigenvalue weighted by Gasteiger charge is 2.25. The average molecular weight is 287 g/mol. The van der Waals surface area contributed by atoms with Crippen molar-refractivity contribution in [2.75, 3.05) is 6.79 Å². The van der Waals surface area contributed by atoms with Crippen molar-refractivity contribution in [3.63, 3.8) is 0 Å². The van der Waals surface area contributed by atoms with Gasteiger partial charge in [-0.05, 0) is 6.07 Å². The Morgan fingerprint density at radius 1 is 1.44 bits per heavy atom. The molecule has 2 rings (SSSR count). The maximum atomic E-state index is 13.6. The summed E-state index contributed by atoms with van der Waals surface area (Å²) in [6.07, 6.45) is 0. The monoisotopic (exact) mass is 286 g/mol. The number of halogens is 3. The standard InChI is InChI=1S/C8H5Cl2FO4S/c9-6-7(11)4(2-16(10,12)13)1-5-8(6)15-3-14-5/h1H,2-3H2. The average Bonchev–Trinajstić information content (AvgIpc) is 2.59. The molecule has 0 aromatic heterocycles. The van der Waals surface area contributed by atoms with Gasteiger partial charge in [-0.15, -0.1) is 0 Å². The molecule has 0 saturated heterocycles. The highest BCUT2D eigenvalue weighted by Crippen LogP contribution is 2.42. The zero-order valence-electron chi connectivity index (χ0n) is 7.67. The Hall–Kier alpha value is -0.720. The Balaban J connectivity index is 2.52. The first-order valence-corrected chi connectivity index (χ1v) is 6.93. The first-order valence-electron chi connectivity index (χ1n) is 4.07. The molecule has 88 valence electrons. The van der Waals surface area contributed by atoms with Crippen LogP contribution in [0, 0.1) is 5.82 Å². The maximum absolute atomic E-state index is 13.6. The minimum Gasteiger partial charge on any atom is -0.454 e. The molecule has 0 bridgehead atoms. The van der Waals surface area contributed by atoms with Crippen molar-refractivity contribution >= 4 is 31.3 Å². The van der Waals surface area contributed by atoms with Crippen molar-refractivity contribution in [2.45, 2.75) is 5.75 Å². The highest BCUT2D eigenvalue weighted by atomic mass is 35.7. The molecule has 0 amide bonds. The van der Waals surface area contributed by atoms with Crippen LogP contribution in [0.1, 0.15) is 5.56 Å². The Labute approximate surface area is 100 Å². The van der Waals surface area contributed by atoms with Gasteiger partial charge < -0.3 is 9.47 Å². The number of rotatable bonds is 2. The van der Waals surface area contributed by atoms with Crippen molar-refractivity contribution in [2.24, 2.45) is 0 Å². The normalized spacial score (nSPS) is 14.2. The zero-order chi connectivity index (χ0) is 11.9. The molecule has 16 heavy (non-hydrogen) atoms. The Morgan fingerprint density at radius 2 is 2.12 bits per heavy atom. The molecule has 0 unspecified atom stereocenters. The van der Waals surface area contributed by atoms with E-state index in [-0.39, 0.29) is 28.9 Å². The number of hydrogen-bond donors (Lipinski definition) is 0. The van der Waals surface area contributed by atoms with Crippen LogP contribution in [0.4, 0.5) is 4.39 Å². The summed E-state index contributed by atoms with van der Waals surface area (Å²) in [5, 5.41) is -0.301. The lowest BCUT2D eigenvalue weighted by Gasteiger charge is -2.05. The Morgan fingerprint density at radius 3 is 2.75 bits per heavy atom. The van der Waals surface area contributed by atoms with Crippen molar-refractivity contribution in [1.29, 1.82) is 0 Å². The van der Waals surface area contributed by atoms with Gasteiger partial charge in [-0.1, -0.05) is 11.6 Å². The molecule has 0 saturated carbocycles.